The molecule has 186 valence electrons. The topological polar surface area (TPSA) is 81.2 Å². The van der Waals surface area contributed by atoms with Gasteiger partial charge in [0.05, 0.1) is 5.54 Å². The van der Waals surface area contributed by atoms with Crippen LogP contribution >= 0.6 is 0 Å². The van der Waals surface area contributed by atoms with Crippen molar-refractivity contribution in [3.8, 4) is 0 Å². The highest BCUT2D eigenvalue weighted by atomic mass is 16.3. The van der Waals surface area contributed by atoms with Crippen LogP contribution in [0.4, 0.5) is 4.79 Å². The molecule has 0 bridgehead atoms. The van der Waals surface area contributed by atoms with E-state index in [0.717, 1.165) is 71.0 Å². The van der Waals surface area contributed by atoms with E-state index in [1.165, 1.54) is 11.6 Å². The number of likely N-dealkylation sites (tertiary alicyclic amines) is 1. The average molecular weight is 470 g/mol. The highest BCUT2D eigenvalue weighted by Crippen LogP contribution is 2.54. The summed E-state index contributed by atoms with van der Waals surface area (Å²) in [6.07, 6.45) is 20.4. The maximum absolute atomic E-state index is 13.3. The van der Waals surface area contributed by atoms with E-state index in [1.807, 2.05) is 9.80 Å². The van der Waals surface area contributed by atoms with Gasteiger partial charge in [0.25, 0.3) is 6.47 Å². The number of allylic oxidation sites excluding steroid dienone is 4. The third-order valence-electron chi connectivity index (χ3n) is 7.58. The summed E-state index contributed by atoms with van der Waals surface area (Å²) in [5.74, 6) is 0.177. The van der Waals surface area contributed by atoms with Gasteiger partial charge in [-0.05, 0) is 63.0 Å². The Morgan fingerprint density at radius 1 is 1.18 bits per heavy atom. The van der Waals surface area contributed by atoms with Gasteiger partial charge in [0.15, 0.2) is 5.78 Å². The average Bonchev–Trinajstić information content (AvgIpc) is 3.34. The third kappa shape index (κ3) is 5.52. The molecule has 0 saturated carbocycles. The van der Waals surface area contributed by atoms with E-state index < -0.39 is 0 Å². The summed E-state index contributed by atoms with van der Waals surface area (Å²) < 4.78 is 0. The molecule has 7 heteroatoms. The summed E-state index contributed by atoms with van der Waals surface area (Å²) in [4.78, 5) is 40.6. The number of carbonyl (C=O) groups is 3. The standard InChI is InChI=1S/C26H37N3O2.CH2O2/c1-3-22-18-26(24(30)4-2)19-23(29(22)26)14-17-28(25(31)27-15-10-11-16-27)20-21-12-8-6-5-7-9-13-21;2-1-3/h4-6,9,12-13,22-23H,2-3,7-8,10-11,14-20H2,1H3;1H,(H,2,3)/b6-5-,13-9-,21-12?;. The van der Waals surface area contributed by atoms with Crippen molar-refractivity contribution in [3.05, 3.63) is 48.6 Å². The second-order valence-corrected chi connectivity index (χ2v) is 9.55. The zero-order chi connectivity index (χ0) is 24.6. The first kappa shape index (κ1) is 25.9. The lowest BCUT2D eigenvalue weighted by Gasteiger charge is -2.69. The molecular weight excluding hydrogens is 430 g/mol. The maximum atomic E-state index is 13.3. The molecular formula is C27H39N3O4. The van der Waals surface area contributed by atoms with Gasteiger partial charge in [0.1, 0.15) is 0 Å². The van der Waals surface area contributed by atoms with Crippen molar-refractivity contribution in [2.24, 2.45) is 0 Å². The Morgan fingerprint density at radius 3 is 2.53 bits per heavy atom. The number of hydrogen-bond donors (Lipinski definition) is 1. The van der Waals surface area contributed by atoms with E-state index in [1.54, 1.807) is 0 Å². The van der Waals surface area contributed by atoms with Crippen LogP contribution in [-0.2, 0) is 9.59 Å². The molecule has 4 rings (SSSR count). The van der Waals surface area contributed by atoms with Gasteiger partial charge in [-0.15, -0.1) is 0 Å². The summed E-state index contributed by atoms with van der Waals surface area (Å²) in [6, 6.07) is 1.06. The van der Waals surface area contributed by atoms with Gasteiger partial charge < -0.3 is 14.9 Å². The molecule has 1 N–H and O–H groups in total. The van der Waals surface area contributed by atoms with E-state index in [0.29, 0.717) is 18.6 Å². The van der Waals surface area contributed by atoms with Gasteiger partial charge in [-0.25, -0.2) is 4.79 Å². The fraction of sp³-hybridized carbons (Fsp3) is 0.593. The molecule has 0 aromatic rings. The highest BCUT2D eigenvalue weighted by molar-refractivity contribution is 5.99. The number of urea groups is 1. The Morgan fingerprint density at radius 2 is 1.85 bits per heavy atom. The first-order valence-electron chi connectivity index (χ1n) is 12.6. The Kier molecular flexibility index (Phi) is 9.28. The summed E-state index contributed by atoms with van der Waals surface area (Å²) in [7, 11) is 0. The third-order valence-corrected chi connectivity index (χ3v) is 7.58. The summed E-state index contributed by atoms with van der Waals surface area (Å²) in [6.45, 7) is 8.83. The molecule has 2 amide bonds. The van der Waals surface area contributed by atoms with Gasteiger partial charge in [0, 0.05) is 38.3 Å². The molecule has 3 fully saturated rings. The SMILES string of the molecule is C=CC(=O)C12CC(CC)N1C(CCN(CC1=CC/C=C\C/C=C\1)C(=O)N1CCCC1)C2.O=CO. The maximum Gasteiger partial charge on any atom is 0.320 e. The number of nitrogens with zero attached hydrogens (tertiary/aromatic N) is 3. The molecule has 3 atom stereocenters. The number of amides is 2. The van der Waals surface area contributed by atoms with Crippen molar-refractivity contribution in [2.45, 2.75) is 75.9 Å². The number of carbonyl (C=O) groups excluding carboxylic acids is 2. The Balaban J connectivity index is 0.00000103. The largest absolute Gasteiger partial charge is 0.483 e. The lowest BCUT2D eigenvalue weighted by Crippen LogP contribution is -2.81. The quantitative estimate of drug-likeness (QED) is 0.328. The van der Waals surface area contributed by atoms with Crippen LogP contribution in [0, 0.1) is 0 Å². The van der Waals surface area contributed by atoms with E-state index in [4.69, 9.17) is 9.90 Å². The Labute approximate surface area is 203 Å². The number of ketones is 1. The molecule has 4 aliphatic rings. The Hall–Kier alpha value is -2.67. The lowest BCUT2D eigenvalue weighted by molar-refractivity contribution is -0.200. The fourth-order valence-electron chi connectivity index (χ4n) is 5.91. The molecule has 0 aromatic carbocycles. The van der Waals surface area contributed by atoms with Crippen molar-refractivity contribution < 1.29 is 19.5 Å². The van der Waals surface area contributed by atoms with Gasteiger partial charge >= 0.3 is 6.03 Å². The fourth-order valence-corrected chi connectivity index (χ4v) is 5.91. The van der Waals surface area contributed by atoms with Crippen molar-refractivity contribution >= 4 is 18.3 Å². The molecule has 0 aromatic heterocycles. The van der Waals surface area contributed by atoms with E-state index in [-0.39, 0.29) is 23.8 Å². The van der Waals surface area contributed by atoms with Crippen molar-refractivity contribution in [3.63, 3.8) is 0 Å². The van der Waals surface area contributed by atoms with E-state index in [2.05, 4.69) is 48.8 Å². The van der Waals surface area contributed by atoms with Crippen molar-refractivity contribution in [2.75, 3.05) is 26.2 Å². The van der Waals surface area contributed by atoms with Gasteiger partial charge in [-0.1, -0.05) is 43.9 Å². The van der Waals surface area contributed by atoms with Crippen molar-refractivity contribution in [1.82, 2.24) is 14.7 Å². The normalized spacial score (nSPS) is 29.4. The van der Waals surface area contributed by atoms with Crippen LogP contribution in [0.15, 0.2) is 48.6 Å². The molecule has 1 aliphatic carbocycles. The van der Waals surface area contributed by atoms with Crippen LogP contribution in [0.2, 0.25) is 0 Å². The Bertz CT molecular complexity index is 843. The molecule has 7 nitrogen and oxygen atoms in total. The smallest absolute Gasteiger partial charge is 0.320 e. The minimum atomic E-state index is -0.284. The second-order valence-electron chi connectivity index (χ2n) is 9.55. The van der Waals surface area contributed by atoms with Gasteiger partial charge in [0.2, 0.25) is 0 Å². The number of fused-ring (bicyclic) bond motifs is 1. The van der Waals surface area contributed by atoms with Crippen LogP contribution < -0.4 is 0 Å². The van der Waals surface area contributed by atoms with E-state index in [9.17, 15) is 9.59 Å². The molecule has 0 spiro atoms. The molecule has 3 saturated heterocycles. The summed E-state index contributed by atoms with van der Waals surface area (Å²) >= 11 is 0. The monoisotopic (exact) mass is 469 g/mol. The number of rotatable bonds is 8. The number of piperidine rings is 1. The molecule has 0 radical (unpaired) electrons. The zero-order valence-electron chi connectivity index (χ0n) is 20.4. The molecule has 3 unspecified atom stereocenters. The van der Waals surface area contributed by atoms with Gasteiger partial charge in [-0.2, -0.15) is 0 Å². The predicted octanol–water partition coefficient (Wildman–Crippen LogP) is 4.18. The number of hydrogen-bond acceptors (Lipinski definition) is 4. The summed E-state index contributed by atoms with van der Waals surface area (Å²) in [5, 5.41) is 6.89. The molecule has 34 heavy (non-hydrogen) atoms. The number of carboxylic acid groups (broad SMARTS) is 1. The van der Waals surface area contributed by atoms with Crippen LogP contribution in [0.1, 0.15) is 58.3 Å². The van der Waals surface area contributed by atoms with E-state index >= 15 is 0 Å². The minimum absolute atomic E-state index is 0.174. The van der Waals surface area contributed by atoms with Gasteiger partial charge in [-0.3, -0.25) is 14.5 Å². The highest BCUT2D eigenvalue weighted by Gasteiger charge is 2.65. The predicted molar refractivity (Wildman–Crippen MR) is 134 cm³/mol. The van der Waals surface area contributed by atoms with Crippen LogP contribution in [0.3, 0.4) is 0 Å². The van der Waals surface area contributed by atoms with Crippen molar-refractivity contribution in [1.29, 1.82) is 0 Å². The lowest BCUT2D eigenvalue weighted by atomic mass is 9.61. The second kappa shape index (κ2) is 12.2. The molecule has 3 aliphatic heterocycles. The van der Waals surface area contributed by atoms with Crippen LogP contribution in [0.5, 0.6) is 0 Å². The first-order chi connectivity index (χ1) is 16.5. The van der Waals surface area contributed by atoms with Crippen LogP contribution in [-0.4, -0.2) is 81.9 Å². The zero-order valence-corrected chi connectivity index (χ0v) is 20.4. The van der Waals surface area contributed by atoms with Crippen LogP contribution in [0.25, 0.3) is 0 Å². The minimum Gasteiger partial charge on any atom is -0.483 e. The molecule has 3 heterocycles. The first-order valence-corrected chi connectivity index (χ1v) is 12.6. The summed E-state index contributed by atoms with van der Waals surface area (Å²) in [5.41, 5.74) is 0.936.